The molecule has 1 saturated carbocycles. The van der Waals surface area contributed by atoms with Crippen molar-refractivity contribution in [3.05, 3.63) is 24.8 Å². The van der Waals surface area contributed by atoms with Crippen molar-refractivity contribution in [3.63, 3.8) is 0 Å². The number of hydrogen-bond donors (Lipinski definition) is 0. The number of esters is 1. The molecule has 4 heteroatoms. The van der Waals surface area contributed by atoms with Gasteiger partial charge in [0.1, 0.15) is 12.9 Å². The Labute approximate surface area is 132 Å². The smallest absolute Gasteiger partial charge is 0.306 e. The summed E-state index contributed by atoms with van der Waals surface area (Å²) in [6, 6.07) is 0. The molecular formula is C17H25ClO3. The van der Waals surface area contributed by atoms with E-state index in [0.717, 1.165) is 32.0 Å². The molecule has 0 unspecified atom stereocenters. The van der Waals surface area contributed by atoms with Gasteiger partial charge in [-0.15, -0.1) is 11.6 Å². The molecule has 0 aromatic heterocycles. The lowest BCUT2D eigenvalue weighted by Crippen LogP contribution is -2.17. The maximum Gasteiger partial charge on any atom is 0.306 e. The van der Waals surface area contributed by atoms with Crippen molar-refractivity contribution >= 4 is 23.9 Å². The van der Waals surface area contributed by atoms with E-state index in [0.29, 0.717) is 12.3 Å². The minimum Gasteiger partial charge on any atom is -0.461 e. The van der Waals surface area contributed by atoms with Crippen molar-refractivity contribution in [1.29, 1.82) is 0 Å². The van der Waals surface area contributed by atoms with E-state index in [2.05, 4.69) is 25.7 Å². The fourth-order valence-corrected chi connectivity index (χ4v) is 3.40. The maximum absolute atomic E-state index is 11.3. The summed E-state index contributed by atoms with van der Waals surface area (Å²) in [6.07, 6.45) is 10.6. The van der Waals surface area contributed by atoms with Gasteiger partial charge < -0.3 is 9.53 Å². The van der Waals surface area contributed by atoms with Crippen LogP contribution in [0.2, 0.25) is 0 Å². The van der Waals surface area contributed by atoms with Gasteiger partial charge in [0.2, 0.25) is 0 Å². The highest BCUT2D eigenvalue weighted by Gasteiger charge is 2.38. The van der Waals surface area contributed by atoms with Crippen LogP contribution in [0.25, 0.3) is 0 Å². The molecule has 3 nitrogen and oxygen atoms in total. The Balaban J connectivity index is 2.21. The molecule has 21 heavy (non-hydrogen) atoms. The van der Waals surface area contributed by atoms with Crippen LogP contribution in [0, 0.1) is 17.8 Å². The highest BCUT2D eigenvalue weighted by atomic mass is 35.5. The molecule has 4 atom stereocenters. The zero-order valence-corrected chi connectivity index (χ0v) is 13.4. The van der Waals surface area contributed by atoms with Crippen molar-refractivity contribution in [2.45, 2.75) is 44.4 Å². The van der Waals surface area contributed by atoms with Crippen LogP contribution in [0.1, 0.15) is 39.0 Å². The second kappa shape index (κ2) is 9.78. The zero-order valence-electron chi connectivity index (χ0n) is 12.7. The number of alkyl halides is 1. The molecule has 0 saturated heterocycles. The normalized spacial score (nSPS) is 28.7. The zero-order chi connectivity index (χ0) is 15.7. The predicted octanol–water partition coefficient (Wildman–Crippen LogP) is 3.91. The van der Waals surface area contributed by atoms with Gasteiger partial charge in [-0.05, 0) is 37.5 Å². The lowest BCUT2D eigenvalue weighted by molar-refractivity contribution is -0.142. The second-order valence-electron chi connectivity index (χ2n) is 5.68. The molecule has 1 aliphatic carbocycles. The lowest BCUT2D eigenvalue weighted by atomic mass is 9.89. The molecule has 0 spiro atoms. The summed E-state index contributed by atoms with van der Waals surface area (Å²) in [4.78, 5) is 22.4. The van der Waals surface area contributed by atoms with E-state index in [-0.39, 0.29) is 29.8 Å². The van der Waals surface area contributed by atoms with Gasteiger partial charge >= 0.3 is 5.97 Å². The molecule has 0 aromatic carbocycles. The number of rotatable bonds is 9. The van der Waals surface area contributed by atoms with E-state index in [1.54, 1.807) is 6.08 Å². The average Bonchev–Trinajstić information content (AvgIpc) is 2.73. The molecule has 0 radical (unpaired) electrons. The van der Waals surface area contributed by atoms with Gasteiger partial charge in [-0.1, -0.05) is 31.7 Å². The first kappa shape index (κ1) is 18.0. The molecule has 1 fully saturated rings. The number of carbonyl (C=O) groups excluding carboxylic acids is 2. The molecule has 1 rings (SSSR count). The molecule has 0 bridgehead atoms. The van der Waals surface area contributed by atoms with Crippen LogP contribution in [0.15, 0.2) is 24.8 Å². The van der Waals surface area contributed by atoms with Crippen molar-refractivity contribution in [3.8, 4) is 0 Å². The second-order valence-corrected chi connectivity index (χ2v) is 6.24. The number of aldehydes is 1. The largest absolute Gasteiger partial charge is 0.461 e. The summed E-state index contributed by atoms with van der Waals surface area (Å²) in [5, 5.41) is 0.0914. The Morgan fingerprint density at radius 1 is 1.43 bits per heavy atom. The van der Waals surface area contributed by atoms with E-state index >= 15 is 0 Å². The van der Waals surface area contributed by atoms with Crippen molar-refractivity contribution in [1.82, 2.24) is 0 Å². The SMILES string of the molecule is C=CCOC(=O)CCC/C=C\C[C@@H]1[C@@H](C=O)[C@H](C)C[C@H]1Cl. The van der Waals surface area contributed by atoms with Crippen LogP contribution in [0.4, 0.5) is 0 Å². The Kier molecular flexibility index (Phi) is 8.36. The monoisotopic (exact) mass is 312 g/mol. The summed E-state index contributed by atoms with van der Waals surface area (Å²) in [7, 11) is 0. The Morgan fingerprint density at radius 2 is 2.19 bits per heavy atom. The molecular weight excluding hydrogens is 288 g/mol. The highest BCUT2D eigenvalue weighted by Crippen LogP contribution is 2.41. The van der Waals surface area contributed by atoms with Crippen molar-refractivity contribution < 1.29 is 14.3 Å². The van der Waals surface area contributed by atoms with Gasteiger partial charge in [0.05, 0.1) is 0 Å². The van der Waals surface area contributed by atoms with E-state index in [1.807, 2.05) is 0 Å². The van der Waals surface area contributed by atoms with Crippen LogP contribution < -0.4 is 0 Å². The highest BCUT2D eigenvalue weighted by molar-refractivity contribution is 6.21. The summed E-state index contributed by atoms with van der Waals surface area (Å²) < 4.78 is 4.90. The number of allylic oxidation sites excluding steroid dienone is 2. The molecule has 0 aliphatic heterocycles. The fraction of sp³-hybridized carbons (Fsp3) is 0.647. The van der Waals surface area contributed by atoms with E-state index < -0.39 is 0 Å². The van der Waals surface area contributed by atoms with Crippen LogP contribution in [0.5, 0.6) is 0 Å². The third-order valence-electron chi connectivity index (χ3n) is 4.06. The van der Waals surface area contributed by atoms with Crippen molar-refractivity contribution in [2.24, 2.45) is 17.8 Å². The fourth-order valence-electron chi connectivity index (χ4n) is 2.85. The third-order valence-corrected chi connectivity index (χ3v) is 4.56. The van der Waals surface area contributed by atoms with Gasteiger partial charge in [-0.2, -0.15) is 0 Å². The topological polar surface area (TPSA) is 43.4 Å². The quantitative estimate of drug-likeness (QED) is 0.213. The summed E-state index contributed by atoms with van der Waals surface area (Å²) >= 11 is 6.31. The first-order chi connectivity index (χ1) is 10.1. The van der Waals surface area contributed by atoms with E-state index in [9.17, 15) is 9.59 Å². The van der Waals surface area contributed by atoms with Gasteiger partial charge in [-0.3, -0.25) is 4.79 Å². The van der Waals surface area contributed by atoms with E-state index in [1.165, 1.54) is 0 Å². The number of ether oxygens (including phenoxy) is 1. The van der Waals surface area contributed by atoms with Crippen molar-refractivity contribution in [2.75, 3.05) is 6.61 Å². The van der Waals surface area contributed by atoms with Gasteiger partial charge in [0.25, 0.3) is 0 Å². The van der Waals surface area contributed by atoms with Gasteiger partial charge in [-0.25, -0.2) is 0 Å². The minimum atomic E-state index is -0.185. The number of halogens is 1. The number of carbonyl (C=O) groups is 2. The molecule has 0 amide bonds. The predicted molar refractivity (Wildman–Crippen MR) is 85.2 cm³/mol. The average molecular weight is 313 g/mol. The van der Waals surface area contributed by atoms with E-state index in [4.69, 9.17) is 16.3 Å². The summed E-state index contributed by atoms with van der Waals surface area (Å²) in [6.45, 7) is 5.86. The standard InChI is InChI=1S/C17H25ClO3/c1-3-10-21-17(20)9-7-5-4-6-8-14-15(12-19)13(2)11-16(14)18/h3-4,6,12-16H,1,5,7-11H2,2H3/b6-4-/t13-,14-,15+,16-/m1/s1. The summed E-state index contributed by atoms with van der Waals surface area (Å²) in [5.74, 6) is 0.511. The first-order valence-corrected chi connectivity index (χ1v) is 8.04. The first-order valence-electron chi connectivity index (χ1n) is 7.61. The lowest BCUT2D eigenvalue weighted by Gasteiger charge is -2.16. The van der Waals surface area contributed by atoms with Gasteiger partial charge in [0.15, 0.2) is 0 Å². The number of unbranched alkanes of at least 4 members (excludes halogenated alkanes) is 1. The van der Waals surface area contributed by atoms with Gasteiger partial charge in [0, 0.05) is 17.7 Å². The Morgan fingerprint density at radius 3 is 2.86 bits per heavy atom. The Hall–Kier alpha value is -1.09. The minimum absolute atomic E-state index is 0.0750. The molecule has 1 aliphatic rings. The number of hydrogen-bond acceptors (Lipinski definition) is 3. The van der Waals surface area contributed by atoms with Crippen LogP contribution in [0.3, 0.4) is 0 Å². The maximum atomic E-state index is 11.3. The van der Waals surface area contributed by atoms with Crippen LogP contribution in [-0.2, 0) is 14.3 Å². The molecule has 0 heterocycles. The molecule has 118 valence electrons. The summed E-state index contributed by atoms with van der Waals surface area (Å²) in [5.41, 5.74) is 0. The third kappa shape index (κ3) is 6.04. The molecule has 0 aromatic rings. The van der Waals surface area contributed by atoms with Crippen LogP contribution in [-0.4, -0.2) is 24.2 Å². The Bertz CT molecular complexity index is 378. The van der Waals surface area contributed by atoms with Crippen LogP contribution >= 0.6 is 11.6 Å². The molecule has 0 N–H and O–H groups in total.